The van der Waals surface area contributed by atoms with Crippen LogP contribution in [-0.2, 0) is 0 Å². The molecule has 0 saturated heterocycles. The number of hydrogen-bond donors (Lipinski definition) is 1. The maximum absolute atomic E-state index is 12.9. The van der Waals surface area contributed by atoms with E-state index in [1.54, 1.807) is 0 Å². The molecule has 106 valence electrons. The first-order chi connectivity index (χ1) is 9.60. The lowest BCUT2D eigenvalue weighted by atomic mass is 10.0. The maximum atomic E-state index is 12.9. The van der Waals surface area contributed by atoms with E-state index < -0.39 is 0 Å². The molecule has 0 bridgehead atoms. The third-order valence-electron chi connectivity index (χ3n) is 3.50. The molecule has 0 spiro atoms. The fourth-order valence-electron chi connectivity index (χ4n) is 2.29. The van der Waals surface area contributed by atoms with Crippen molar-refractivity contribution >= 4 is 11.6 Å². The summed E-state index contributed by atoms with van der Waals surface area (Å²) in [6.45, 7) is 4.23. The first-order valence-corrected chi connectivity index (χ1v) is 7.25. The summed E-state index contributed by atoms with van der Waals surface area (Å²) >= 11 is 5.92. The van der Waals surface area contributed by atoms with Crippen molar-refractivity contribution in [2.24, 2.45) is 0 Å². The number of nitrogens with one attached hydrogen (secondary N) is 1. The maximum Gasteiger partial charge on any atom is 0.123 e. The van der Waals surface area contributed by atoms with Gasteiger partial charge in [0.25, 0.3) is 0 Å². The van der Waals surface area contributed by atoms with Gasteiger partial charge in [-0.25, -0.2) is 4.39 Å². The summed E-state index contributed by atoms with van der Waals surface area (Å²) in [7, 11) is 0. The molecule has 2 aromatic carbocycles. The van der Waals surface area contributed by atoms with Crippen LogP contribution in [-0.4, -0.2) is 0 Å². The Morgan fingerprint density at radius 1 is 1.00 bits per heavy atom. The van der Waals surface area contributed by atoms with E-state index >= 15 is 0 Å². The Hall–Kier alpha value is -1.38. The van der Waals surface area contributed by atoms with Crippen LogP contribution < -0.4 is 5.32 Å². The molecular formula is C17H19ClFN. The van der Waals surface area contributed by atoms with Crippen molar-refractivity contribution in [1.82, 2.24) is 5.32 Å². The topological polar surface area (TPSA) is 12.0 Å². The van der Waals surface area contributed by atoms with Crippen molar-refractivity contribution in [3.8, 4) is 0 Å². The monoisotopic (exact) mass is 291 g/mol. The average molecular weight is 292 g/mol. The normalized spacial score (nSPS) is 14.0. The minimum Gasteiger partial charge on any atom is -0.303 e. The van der Waals surface area contributed by atoms with Crippen LogP contribution in [0.5, 0.6) is 0 Å². The predicted octanol–water partition coefficient (Wildman–Crippen LogP) is 5.28. The number of rotatable bonds is 5. The molecule has 0 aliphatic rings. The van der Waals surface area contributed by atoms with Crippen LogP contribution in [0.3, 0.4) is 0 Å². The van der Waals surface area contributed by atoms with Crippen LogP contribution in [0, 0.1) is 5.82 Å². The molecule has 1 nitrogen and oxygen atoms in total. The summed E-state index contributed by atoms with van der Waals surface area (Å²) in [5, 5.41) is 4.32. The van der Waals surface area contributed by atoms with Crippen LogP contribution in [0.2, 0.25) is 5.02 Å². The van der Waals surface area contributed by atoms with E-state index in [9.17, 15) is 4.39 Å². The Balaban J connectivity index is 2.09. The van der Waals surface area contributed by atoms with Crippen molar-refractivity contribution in [2.75, 3.05) is 0 Å². The molecule has 0 aliphatic carbocycles. The van der Waals surface area contributed by atoms with Gasteiger partial charge >= 0.3 is 0 Å². The molecule has 20 heavy (non-hydrogen) atoms. The highest BCUT2D eigenvalue weighted by Crippen LogP contribution is 2.23. The third kappa shape index (κ3) is 3.81. The highest BCUT2D eigenvalue weighted by Gasteiger charge is 2.13. The SMILES string of the molecule is CCC(N[C@H](C)c1ccc(F)cc1)c1ccc(Cl)cc1. The van der Waals surface area contributed by atoms with Crippen LogP contribution in [0.25, 0.3) is 0 Å². The van der Waals surface area contributed by atoms with Gasteiger partial charge in [0, 0.05) is 17.1 Å². The molecule has 0 aromatic heterocycles. The Labute approximate surface area is 124 Å². The van der Waals surface area contributed by atoms with Gasteiger partial charge < -0.3 is 5.32 Å². The van der Waals surface area contributed by atoms with Crippen molar-refractivity contribution in [3.05, 3.63) is 70.5 Å². The van der Waals surface area contributed by atoms with Gasteiger partial charge in [-0.1, -0.05) is 42.8 Å². The number of hydrogen-bond acceptors (Lipinski definition) is 1. The Morgan fingerprint density at radius 2 is 1.55 bits per heavy atom. The quantitative estimate of drug-likeness (QED) is 0.790. The molecule has 0 saturated carbocycles. The van der Waals surface area contributed by atoms with Crippen LogP contribution >= 0.6 is 11.6 Å². The summed E-state index contributed by atoms with van der Waals surface area (Å²) < 4.78 is 12.9. The van der Waals surface area contributed by atoms with Crippen molar-refractivity contribution in [2.45, 2.75) is 32.4 Å². The van der Waals surface area contributed by atoms with Gasteiger partial charge in [0.15, 0.2) is 0 Å². The number of benzene rings is 2. The number of halogens is 2. The molecule has 2 rings (SSSR count). The summed E-state index contributed by atoms with van der Waals surface area (Å²) in [4.78, 5) is 0. The van der Waals surface area contributed by atoms with Gasteiger partial charge in [-0.15, -0.1) is 0 Å². The smallest absolute Gasteiger partial charge is 0.123 e. The first-order valence-electron chi connectivity index (χ1n) is 6.87. The van der Waals surface area contributed by atoms with E-state index in [1.165, 1.54) is 17.7 Å². The molecular weight excluding hydrogens is 273 g/mol. The lowest BCUT2D eigenvalue weighted by Crippen LogP contribution is -2.24. The second kappa shape index (κ2) is 6.87. The molecule has 3 heteroatoms. The molecule has 0 fully saturated rings. The molecule has 0 aliphatic heterocycles. The van der Waals surface area contributed by atoms with Gasteiger partial charge in [-0.3, -0.25) is 0 Å². The minimum absolute atomic E-state index is 0.163. The second-order valence-corrected chi connectivity index (χ2v) is 5.39. The Morgan fingerprint density at radius 3 is 2.10 bits per heavy atom. The molecule has 1 N–H and O–H groups in total. The zero-order valence-corrected chi connectivity index (χ0v) is 12.5. The summed E-state index contributed by atoms with van der Waals surface area (Å²) in [6, 6.07) is 15.0. The van der Waals surface area contributed by atoms with E-state index in [-0.39, 0.29) is 17.9 Å². The second-order valence-electron chi connectivity index (χ2n) is 4.95. The van der Waals surface area contributed by atoms with E-state index in [4.69, 9.17) is 11.6 Å². The van der Waals surface area contributed by atoms with Crippen LogP contribution in [0.15, 0.2) is 48.5 Å². The third-order valence-corrected chi connectivity index (χ3v) is 3.75. The summed E-state index contributed by atoms with van der Waals surface area (Å²) in [5.74, 6) is -0.203. The van der Waals surface area contributed by atoms with Gasteiger partial charge in [0.1, 0.15) is 5.82 Å². The molecule has 0 amide bonds. The summed E-state index contributed by atoms with van der Waals surface area (Å²) in [5.41, 5.74) is 2.30. The Kier molecular flexibility index (Phi) is 5.16. The van der Waals surface area contributed by atoms with Crippen molar-refractivity contribution in [3.63, 3.8) is 0 Å². The van der Waals surface area contributed by atoms with E-state index in [1.807, 2.05) is 36.4 Å². The zero-order valence-electron chi connectivity index (χ0n) is 11.7. The van der Waals surface area contributed by atoms with E-state index in [2.05, 4.69) is 19.2 Å². The molecule has 2 atom stereocenters. The van der Waals surface area contributed by atoms with Crippen molar-refractivity contribution in [1.29, 1.82) is 0 Å². The van der Waals surface area contributed by atoms with Gasteiger partial charge in [0.05, 0.1) is 0 Å². The average Bonchev–Trinajstić information content (AvgIpc) is 2.46. The summed E-state index contributed by atoms with van der Waals surface area (Å²) in [6.07, 6.45) is 0.979. The molecule has 0 heterocycles. The first kappa shape index (κ1) is 15.0. The molecule has 1 unspecified atom stereocenters. The predicted molar refractivity (Wildman–Crippen MR) is 82.4 cm³/mol. The Bertz CT molecular complexity index is 536. The zero-order chi connectivity index (χ0) is 14.5. The molecule has 0 radical (unpaired) electrons. The van der Waals surface area contributed by atoms with Gasteiger partial charge in [-0.05, 0) is 48.7 Å². The lowest BCUT2D eigenvalue weighted by molar-refractivity contribution is 0.456. The fourth-order valence-corrected chi connectivity index (χ4v) is 2.42. The van der Waals surface area contributed by atoms with Crippen LogP contribution in [0.4, 0.5) is 4.39 Å². The highest BCUT2D eigenvalue weighted by atomic mass is 35.5. The largest absolute Gasteiger partial charge is 0.303 e. The van der Waals surface area contributed by atoms with Crippen LogP contribution in [0.1, 0.15) is 43.5 Å². The van der Waals surface area contributed by atoms with E-state index in [0.717, 1.165) is 17.0 Å². The standard InChI is InChI=1S/C17H19ClFN/c1-3-17(14-4-8-15(18)9-5-14)20-12(2)13-6-10-16(19)11-7-13/h4-12,17,20H,3H2,1-2H3/t12-,17?/m1/s1. The highest BCUT2D eigenvalue weighted by molar-refractivity contribution is 6.30. The van der Waals surface area contributed by atoms with Gasteiger partial charge in [0.2, 0.25) is 0 Å². The fraction of sp³-hybridized carbons (Fsp3) is 0.294. The molecule has 2 aromatic rings. The van der Waals surface area contributed by atoms with Crippen molar-refractivity contribution < 1.29 is 4.39 Å². The minimum atomic E-state index is -0.203. The van der Waals surface area contributed by atoms with Gasteiger partial charge in [-0.2, -0.15) is 0 Å². The van der Waals surface area contributed by atoms with E-state index in [0.29, 0.717) is 0 Å². The lowest BCUT2D eigenvalue weighted by Gasteiger charge is -2.23.